The number of hydrogen-bond acceptors (Lipinski definition) is 5. The number of rotatable bonds is 4. The van der Waals surface area contributed by atoms with E-state index in [9.17, 15) is 9.90 Å². The van der Waals surface area contributed by atoms with Crippen molar-refractivity contribution in [2.75, 3.05) is 11.9 Å². The standard InChI is InChI=1S/C15H16ClN5O2/c16-11-5-12(17-6-8-1-2-8)21-14(19-11)10(7-18-21)3-9-4-13(22)20-15(9)23/h3,5,7-8,13,17,22H,1-2,4,6H2,(H,20,23)/b9-3+. The van der Waals surface area contributed by atoms with E-state index < -0.39 is 6.23 Å². The summed E-state index contributed by atoms with van der Waals surface area (Å²) in [6.07, 6.45) is 5.28. The van der Waals surface area contributed by atoms with Crippen molar-refractivity contribution in [1.29, 1.82) is 0 Å². The van der Waals surface area contributed by atoms with Crippen LogP contribution in [-0.4, -0.2) is 38.4 Å². The van der Waals surface area contributed by atoms with Gasteiger partial charge in [0.05, 0.1) is 6.20 Å². The Labute approximate surface area is 137 Å². The second-order valence-corrected chi connectivity index (χ2v) is 6.37. The molecule has 3 heterocycles. The molecule has 1 saturated carbocycles. The Balaban J connectivity index is 1.70. The Hall–Kier alpha value is -2.12. The number of carbonyl (C=O) groups is 1. The summed E-state index contributed by atoms with van der Waals surface area (Å²) >= 11 is 6.12. The van der Waals surface area contributed by atoms with Crippen molar-refractivity contribution >= 4 is 35.0 Å². The van der Waals surface area contributed by atoms with E-state index in [1.807, 2.05) is 0 Å². The molecule has 0 aromatic carbocycles. The first-order valence-electron chi connectivity index (χ1n) is 7.58. The number of nitrogens with one attached hydrogen (secondary N) is 2. The number of halogens is 1. The third-order valence-electron chi connectivity index (χ3n) is 4.07. The summed E-state index contributed by atoms with van der Waals surface area (Å²) in [6, 6.07) is 1.74. The third-order valence-corrected chi connectivity index (χ3v) is 4.26. The molecule has 1 aliphatic heterocycles. The predicted molar refractivity (Wildman–Crippen MR) is 86.0 cm³/mol. The van der Waals surface area contributed by atoms with Gasteiger partial charge in [0, 0.05) is 30.2 Å². The lowest BCUT2D eigenvalue weighted by Gasteiger charge is -2.08. The van der Waals surface area contributed by atoms with Gasteiger partial charge in [0.2, 0.25) is 5.91 Å². The number of aliphatic hydroxyl groups excluding tert-OH is 1. The smallest absolute Gasteiger partial charge is 0.249 e. The van der Waals surface area contributed by atoms with Gasteiger partial charge in [-0.3, -0.25) is 4.79 Å². The Morgan fingerprint density at radius 2 is 2.35 bits per heavy atom. The molecule has 1 unspecified atom stereocenters. The van der Waals surface area contributed by atoms with Crippen LogP contribution < -0.4 is 10.6 Å². The second-order valence-electron chi connectivity index (χ2n) is 5.99. The minimum absolute atomic E-state index is 0.267. The molecule has 1 aliphatic carbocycles. The first-order valence-corrected chi connectivity index (χ1v) is 7.95. The predicted octanol–water partition coefficient (Wildman–Crippen LogP) is 1.43. The van der Waals surface area contributed by atoms with Gasteiger partial charge in [-0.1, -0.05) is 11.6 Å². The number of aliphatic hydroxyl groups is 1. The summed E-state index contributed by atoms with van der Waals surface area (Å²) in [5.74, 6) is 1.23. The van der Waals surface area contributed by atoms with Gasteiger partial charge in [-0.15, -0.1) is 0 Å². The topological polar surface area (TPSA) is 91.5 Å². The normalized spacial score (nSPS) is 22.8. The van der Waals surface area contributed by atoms with Crippen molar-refractivity contribution in [3.05, 3.63) is 28.6 Å². The highest BCUT2D eigenvalue weighted by Gasteiger charge is 2.25. The fourth-order valence-corrected chi connectivity index (χ4v) is 2.84. The molecule has 8 heteroatoms. The molecule has 2 aliphatic rings. The van der Waals surface area contributed by atoms with E-state index in [-0.39, 0.29) is 12.3 Å². The van der Waals surface area contributed by atoms with Crippen LogP contribution in [-0.2, 0) is 4.79 Å². The Morgan fingerprint density at radius 3 is 3.04 bits per heavy atom. The number of anilines is 1. The molecule has 23 heavy (non-hydrogen) atoms. The minimum atomic E-state index is -0.831. The number of amides is 1. The molecule has 2 fully saturated rings. The van der Waals surface area contributed by atoms with Crippen molar-refractivity contribution in [3.63, 3.8) is 0 Å². The fraction of sp³-hybridized carbons (Fsp3) is 0.400. The molecule has 2 aromatic heterocycles. The van der Waals surface area contributed by atoms with Crippen LogP contribution in [0.1, 0.15) is 24.8 Å². The van der Waals surface area contributed by atoms with Crippen LogP contribution in [0.2, 0.25) is 5.15 Å². The van der Waals surface area contributed by atoms with E-state index >= 15 is 0 Å². The average Bonchev–Trinajstić information content (AvgIpc) is 3.17. The molecule has 3 N–H and O–H groups in total. The molecule has 0 spiro atoms. The second kappa shape index (κ2) is 5.50. The lowest BCUT2D eigenvalue weighted by molar-refractivity contribution is -0.117. The minimum Gasteiger partial charge on any atom is -0.373 e. The van der Waals surface area contributed by atoms with E-state index in [0.717, 1.165) is 18.3 Å². The van der Waals surface area contributed by atoms with Gasteiger partial charge in [-0.25, -0.2) is 4.98 Å². The van der Waals surface area contributed by atoms with Crippen LogP contribution >= 0.6 is 11.6 Å². The lowest BCUT2D eigenvalue weighted by Crippen LogP contribution is -2.24. The molecule has 2 aromatic rings. The highest BCUT2D eigenvalue weighted by molar-refractivity contribution is 6.29. The summed E-state index contributed by atoms with van der Waals surface area (Å²) < 4.78 is 1.68. The highest BCUT2D eigenvalue weighted by atomic mass is 35.5. The molecule has 4 rings (SSSR count). The van der Waals surface area contributed by atoms with Crippen LogP contribution in [0.15, 0.2) is 17.8 Å². The van der Waals surface area contributed by atoms with Crippen molar-refractivity contribution in [3.8, 4) is 0 Å². The summed E-state index contributed by atoms with van der Waals surface area (Å²) in [6.45, 7) is 0.889. The van der Waals surface area contributed by atoms with Crippen molar-refractivity contribution in [2.24, 2.45) is 5.92 Å². The Morgan fingerprint density at radius 1 is 1.52 bits per heavy atom. The van der Waals surface area contributed by atoms with Gasteiger partial charge in [-0.2, -0.15) is 9.61 Å². The first-order chi connectivity index (χ1) is 11.1. The van der Waals surface area contributed by atoms with E-state index in [1.165, 1.54) is 12.8 Å². The van der Waals surface area contributed by atoms with E-state index in [1.54, 1.807) is 22.9 Å². The molecule has 1 saturated heterocycles. The zero-order valence-electron chi connectivity index (χ0n) is 12.3. The number of nitrogens with zero attached hydrogens (tertiary/aromatic N) is 3. The fourth-order valence-electron chi connectivity index (χ4n) is 2.66. The first kappa shape index (κ1) is 14.5. The number of aromatic nitrogens is 3. The van der Waals surface area contributed by atoms with Crippen LogP contribution in [0.3, 0.4) is 0 Å². The maximum Gasteiger partial charge on any atom is 0.249 e. The van der Waals surface area contributed by atoms with Gasteiger partial charge in [0.1, 0.15) is 17.2 Å². The average molecular weight is 334 g/mol. The molecule has 120 valence electrons. The van der Waals surface area contributed by atoms with Gasteiger partial charge in [-0.05, 0) is 24.8 Å². The summed E-state index contributed by atoms with van der Waals surface area (Å²) in [7, 11) is 0. The lowest BCUT2D eigenvalue weighted by atomic mass is 10.1. The zero-order chi connectivity index (χ0) is 16.0. The largest absolute Gasteiger partial charge is 0.373 e. The maximum absolute atomic E-state index is 11.7. The van der Waals surface area contributed by atoms with Crippen LogP contribution in [0.5, 0.6) is 0 Å². The monoisotopic (exact) mass is 333 g/mol. The van der Waals surface area contributed by atoms with Gasteiger partial charge in [0.25, 0.3) is 0 Å². The maximum atomic E-state index is 11.7. The molecular weight excluding hydrogens is 318 g/mol. The Kier molecular flexibility index (Phi) is 3.46. The van der Waals surface area contributed by atoms with Crippen molar-refractivity contribution in [2.45, 2.75) is 25.5 Å². The third kappa shape index (κ3) is 2.89. The molecule has 0 radical (unpaired) electrons. The quantitative estimate of drug-likeness (QED) is 0.581. The SMILES string of the molecule is O=C1NC(O)C/C1=C\c1cnn2c(NCC3CC3)cc(Cl)nc12. The van der Waals surface area contributed by atoms with Crippen LogP contribution in [0, 0.1) is 5.92 Å². The number of fused-ring (bicyclic) bond motifs is 1. The van der Waals surface area contributed by atoms with Gasteiger partial charge < -0.3 is 15.7 Å². The van der Waals surface area contributed by atoms with E-state index in [4.69, 9.17) is 11.6 Å². The number of hydrogen-bond donors (Lipinski definition) is 3. The molecular formula is C15H16ClN5O2. The summed E-state index contributed by atoms with van der Waals surface area (Å²) in [5.41, 5.74) is 1.78. The van der Waals surface area contributed by atoms with Crippen molar-refractivity contribution in [1.82, 2.24) is 19.9 Å². The summed E-state index contributed by atoms with van der Waals surface area (Å²) in [5, 5.41) is 20.0. The molecule has 0 bridgehead atoms. The van der Waals surface area contributed by atoms with E-state index in [2.05, 4.69) is 20.7 Å². The van der Waals surface area contributed by atoms with Crippen molar-refractivity contribution < 1.29 is 9.90 Å². The van der Waals surface area contributed by atoms with E-state index in [0.29, 0.717) is 21.9 Å². The van der Waals surface area contributed by atoms with Gasteiger partial charge >= 0.3 is 0 Å². The Bertz CT molecular complexity index is 812. The van der Waals surface area contributed by atoms with Crippen LogP contribution in [0.4, 0.5) is 5.82 Å². The highest BCUT2D eigenvalue weighted by Crippen LogP contribution is 2.29. The molecule has 7 nitrogen and oxygen atoms in total. The molecule has 1 atom stereocenters. The van der Waals surface area contributed by atoms with Crippen LogP contribution in [0.25, 0.3) is 11.7 Å². The summed E-state index contributed by atoms with van der Waals surface area (Å²) in [4.78, 5) is 16.1. The van der Waals surface area contributed by atoms with Gasteiger partial charge in [0.15, 0.2) is 5.65 Å². The zero-order valence-corrected chi connectivity index (χ0v) is 13.0. The molecule has 1 amide bonds. The number of carbonyl (C=O) groups excluding carboxylic acids is 1.